The van der Waals surface area contributed by atoms with E-state index in [9.17, 15) is 14.4 Å². The van der Waals surface area contributed by atoms with Crippen LogP contribution in [-0.2, 0) is 26.4 Å². The van der Waals surface area contributed by atoms with Gasteiger partial charge in [-0.15, -0.1) is 0 Å². The molecule has 10 heteroatoms. The van der Waals surface area contributed by atoms with Crippen molar-refractivity contribution in [2.75, 3.05) is 32.6 Å². The molecule has 1 aromatic heterocycles. The van der Waals surface area contributed by atoms with Gasteiger partial charge in [0.2, 0.25) is 0 Å². The van der Waals surface area contributed by atoms with Gasteiger partial charge in [0, 0.05) is 43.0 Å². The molecule has 1 aliphatic heterocycles. The number of H-pyrrole nitrogens is 1. The number of methoxy groups -OCH3 is 2. The lowest BCUT2D eigenvalue weighted by atomic mass is 9.98. The molecule has 1 aliphatic rings. The van der Waals surface area contributed by atoms with E-state index < -0.39 is 5.56 Å². The molecule has 9 nitrogen and oxygen atoms in total. The van der Waals surface area contributed by atoms with Crippen molar-refractivity contribution >= 4 is 35.3 Å². The number of fused-ring (bicyclic) bond motifs is 1. The Morgan fingerprint density at radius 3 is 2.18 bits per heavy atom. The van der Waals surface area contributed by atoms with Crippen molar-refractivity contribution in [1.29, 1.82) is 0 Å². The maximum absolute atomic E-state index is 13.0. The zero-order chi connectivity index (χ0) is 34.5. The highest BCUT2D eigenvalue weighted by Gasteiger charge is 2.19. The van der Waals surface area contributed by atoms with Gasteiger partial charge in [-0.1, -0.05) is 48.0 Å². The van der Waals surface area contributed by atoms with Gasteiger partial charge < -0.3 is 24.3 Å². The molecule has 2 heterocycles. The first kappa shape index (κ1) is 33.5. The Balaban J connectivity index is 1.06. The van der Waals surface area contributed by atoms with Gasteiger partial charge in [0.1, 0.15) is 10.7 Å². The molecule has 0 fully saturated rings. The van der Waals surface area contributed by atoms with Gasteiger partial charge in [-0.3, -0.25) is 19.3 Å². The van der Waals surface area contributed by atoms with E-state index >= 15 is 0 Å². The maximum Gasteiger partial charge on any atom is 0.274 e. The van der Waals surface area contributed by atoms with Gasteiger partial charge in [0.15, 0.2) is 11.5 Å². The number of hydrogen-bond acceptors (Lipinski definition) is 6. The highest BCUT2D eigenvalue weighted by molar-refractivity contribution is 6.30. The third-order valence-corrected chi connectivity index (χ3v) is 9.01. The molecule has 5 aromatic rings. The van der Waals surface area contributed by atoms with E-state index in [2.05, 4.69) is 27.3 Å². The smallest absolute Gasteiger partial charge is 0.274 e. The molecule has 250 valence electrons. The minimum atomic E-state index is -0.398. The normalized spacial score (nSPS) is 13.6. The molecule has 6 rings (SSSR count). The summed E-state index contributed by atoms with van der Waals surface area (Å²) in [6, 6.07) is 25.9. The van der Waals surface area contributed by atoms with Crippen LogP contribution in [0.15, 0.2) is 94.5 Å². The molecule has 0 bridgehead atoms. The SMILES string of the molecule is COc1cc2c(cc1OC)CN(CCc1ccc(NC(=O)c3ccc(C=c4[nH]c(=O)c(=Cc5ccc(Cl)cc5)n(C)c4=O)cc3)cc1)CC2. The lowest BCUT2D eigenvalue weighted by Gasteiger charge is -2.29. The summed E-state index contributed by atoms with van der Waals surface area (Å²) in [4.78, 5) is 44.0. The van der Waals surface area contributed by atoms with Crippen molar-refractivity contribution in [3.8, 4) is 11.5 Å². The number of halogens is 1. The molecule has 0 atom stereocenters. The van der Waals surface area contributed by atoms with E-state index in [0.29, 0.717) is 21.8 Å². The maximum atomic E-state index is 13.0. The highest BCUT2D eigenvalue weighted by Crippen LogP contribution is 2.33. The molecule has 1 amide bonds. The van der Waals surface area contributed by atoms with Gasteiger partial charge in [0.25, 0.3) is 17.0 Å². The number of benzene rings is 4. The Hall–Kier alpha value is -5.38. The van der Waals surface area contributed by atoms with Crippen LogP contribution in [0.1, 0.15) is 38.2 Å². The summed E-state index contributed by atoms with van der Waals surface area (Å²) < 4.78 is 12.3. The van der Waals surface area contributed by atoms with Crippen LogP contribution in [0, 0.1) is 0 Å². The second-order valence-corrected chi connectivity index (χ2v) is 12.4. The Morgan fingerprint density at radius 1 is 0.878 bits per heavy atom. The number of carbonyl (C=O) groups excluding carboxylic acids is 1. The second kappa shape index (κ2) is 14.8. The third-order valence-electron chi connectivity index (χ3n) is 8.76. The van der Waals surface area contributed by atoms with Gasteiger partial charge >= 0.3 is 0 Å². The van der Waals surface area contributed by atoms with E-state index in [1.165, 1.54) is 21.3 Å². The first-order valence-corrected chi connectivity index (χ1v) is 16.3. The van der Waals surface area contributed by atoms with Gasteiger partial charge in [-0.05, 0) is 101 Å². The lowest BCUT2D eigenvalue weighted by Crippen LogP contribution is -2.52. The molecular formula is C39H37ClN4O5. The Kier molecular flexibility index (Phi) is 10.1. The minimum Gasteiger partial charge on any atom is -0.493 e. The van der Waals surface area contributed by atoms with Crippen LogP contribution in [0.5, 0.6) is 11.5 Å². The molecule has 0 radical (unpaired) electrons. The topological polar surface area (TPSA) is 106 Å². The second-order valence-electron chi connectivity index (χ2n) is 12.0. The molecule has 0 unspecified atom stereocenters. The number of nitrogens with zero attached hydrogens (tertiary/aromatic N) is 2. The largest absolute Gasteiger partial charge is 0.493 e. The minimum absolute atomic E-state index is 0.143. The summed E-state index contributed by atoms with van der Waals surface area (Å²) in [5, 5.41) is 3.90. The first-order chi connectivity index (χ1) is 23.7. The molecule has 49 heavy (non-hydrogen) atoms. The van der Waals surface area contributed by atoms with Gasteiger partial charge in [-0.2, -0.15) is 0 Å². The highest BCUT2D eigenvalue weighted by atomic mass is 35.5. The van der Waals surface area contributed by atoms with Crippen LogP contribution in [0.2, 0.25) is 5.02 Å². The number of aromatic amines is 1. The van der Waals surface area contributed by atoms with Crippen molar-refractivity contribution in [2.24, 2.45) is 7.05 Å². The summed E-state index contributed by atoms with van der Waals surface area (Å²) in [7, 11) is 4.88. The van der Waals surface area contributed by atoms with Gasteiger partial charge in [-0.25, -0.2) is 0 Å². The Bertz CT molecular complexity index is 2230. The van der Waals surface area contributed by atoms with Crippen LogP contribution in [0.3, 0.4) is 0 Å². The van der Waals surface area contributed by atoms with E-state index in [1.54, 1.807) is 82.0 Å². The van der Waals surface area contributed by atoms with Crippen molar-refractivity contribution in [3.63, 3.8) is 0 Å². The van der Waals surface area contributed by atoms with Crippen molar-refractivity contribution in [1.82, 2.24) is 14.5 Å². The average Bonchev–Trinajstić information content (AvgIpc) is 3.12. The fraction of sp³-hybridized carbons (Fsp3) is 0.205. The molecule has 0 aliphatic carbocycles. The number of nitrogens with one attached hydrogen (secondary N) is 2. The Labute approximate surface area is 288 Å². The molecule has 0 saturated carbocycles. The fourth-order valence-electron chi connectivity index (χ4n) is 5.93. The molecular weight excluding hydrogens is 640 g/mol. The Morgan fingerprint density at radius 2 is 1.51 bits per heavy atom. The summed E-state index contributed by atoms with van der Waals surface area (Å²) in [6.07, 6.45) is 5.08. The molecule has 0 saturated heterocycles. The van der Waals surface area contributed by atoms with Crippen molar-refractivity contribution in [3.05, 3.63) is 155 Å². The standard InChI is InChI=1S/C39H37ClN4O5/c1-43-34(21-27-6-12-31(40)13-7-27)38(46)42-33(39(43)47)20-26-4-10-28(11-5-26)37(45)41-32-14-8-25(9-15-32)16-18-44-19-17-29-22-35(48-2)36(49-3)23-30(29)24-44/h4-15,20-23H,16-19,24H2,1-3H3,(H,41,45)(H,42,46). The third kappa shape index (κ3) is 7.85. The number of hydrogen-bond donors (Lipinski definition) is 2. The van der Waals surface area contributed by atoms with Crippen molar-refractivity contribution in [2.45, 2.75) is 19.4 Å². The summed E-state index contributed by atoms with van der Waals surface area (Å²) >= 11 is 5.95. The zero-order valence-corrected chi connectivity index (χ0v) is 28.3. The number of rotatable bonds is 9. The number of carbonyl (C=O) groups is 1. The molecule has 4 aromatic carbocycles. The predicted molar refractivity (Wildman–Crippen MR) is 193 cm³/mol. The molecule has 0 spiro atoms. The van der Waals surface area contributed by atoms with E-state index in [-0.39, 0.29) is 22.2 Å². The number of amides is 1. The molecule has 2 N–H and O–H groups in total. The van der Waals surface area contributed by atoms with Crippen molar-refractivity contribution < 1.29 is 14.3 Å². The van der Waals surface area contributed by atoms with Crippen LogP contribution in [0.25, 0.3) is 12.2 Å². The monoisotopic (exact) mass is 676 g/mol. The number of aromatic nitrogens is 2. The van der Waals surface area contributed by atoms with E-state index in [1.807, 2.05) is 24.3 Å². The predicted octanol–water partition coefficient (Wildman–Crippen LogP) is 4.25. The van der Waals surface area contributed by atoms with E-state index in [4.69, 9.17) is 21.1 Å². The summed E-state index contributed by atoms with van der Waals surface area (Å²) in [5.41, 5.74) is 5.59. The summed E-state index contributed by atoms with van der Waals surface area (Å²) in [5.74, 6) is 1.28. The van der Waals surface area contributed by atoms with Crippen LogP contribution < -0.4 is 36.6 Å². The first-order valence-electron chi connectivity index (χ1n) is 16.0. The zero-order valence-electron chi connectivity index (χ0n) is 27.6. The summed E-state index contributed by atoms with van der Waals surface area (Å²) in [6.45, 7) is 2.78. The van der Waals surface area contributed by atoms with Crippen LogP contribution >= 0.6 is 11.6 Å². The average molecular weight is 677 g/mol. The number of ether oxygens (including phenoxy) is 2. The van der Waals surface area contributed by atoms with Crippen LogP contribution in [-0.4, -0.2) is 47.7 Å². The van der Waals surface area contributed by atoms with Gasteiger partial charge in [0.05, 0.1) is 14.2 Å². The van der Waals surface area contributed by atoms with Crippen LogP contribution in [0.4, 0.5) is 5.69 Å². The quantitative estimate of drug-likeness (QED) is 0.242. The number of anilines is 1. The lowest BCUT2D eigenvalue weighted by molar-refractivity contribution is 0.102. The fourth-order valence-corrected chi connectivity index (χ4v) is 6.06. The van der Waals surface area contributed by atoms with E-state index in [0.717, 1.165) is 49.5 Å².